The fourth-order valence-electron chi connectivity index (χ4n) is 3.27. The molecule has 0 N–H and O–H groups in total. The molecule has 0 aromatic heterocycles. The van der Waals surface area contributed by atoms with Crippen molar-refractivity contribution < 1.29 is 13.6 Å². The molecule has 0 fully saturated rings. The van der Waals surface area contributed by atoms with E-state index in [9.17, 15) is 0 Å². The van der Waals surface area contributed by atoms with Gasteiger partial charge in [-0.1, -0.05) is 60.7 Å². The molecule has 0 saturated carbocycles. The Balaban J connectivity index is 1.62. The molecule has 0 atom stereocenters. The SMILES string of the molecule is Cl[Si](Cl)(Cl)CCOc1ccc2c(c1)CO[Si](c1ccccc1)(c1ccccc1)O2. The topological polar surface area (TPSA) is 27.7 Å². The molecular weight excluding hydrogens is 463 g/mol. The molecule has 8 heteroatoms. The zero-order chi connectivity index (χ0) is 20.3. The molecule has 3 nitrogen and oxygen atoms in total. The van der Waals surface area contributed by atoms with Gasteiger partial charge in [0.2, 0.25) is 0 Å². The van der Waals surface area contributed by atoms with Gasteiger partial charge < -0.3 is 13.6 Å². The first kappa shape index (κ1) is 20.8. The lowest BCUT2D eigenvalue weighted by molar-refractivity contribution is 0.222. The van der Waals surface area contributed by atoms with Gasteiger partial charge in [0, 0.05) is 22.0 Å². The lowest BCUT2D eigenvalue weighted by atomic mass is 10.2. The Hall–Kier alpha value is -1.48. The Morgan fingerprint density at radius 2 is 1.48 bits per heavy atom. The van der Waals surface area contributed by atoms with Gasteiger partial charge in [0.25, 0.3) is 0 Å². The van der Waals surface area contributed by atoms with Crippen LogP contribution < -0.4 is 19.5 Å². The molecule has 29 heavy (non-hydrogen) atoms. The quantitative estimate of drug-likeness (QED) is 0.371. The Morgan fingerprint density at radius 1 is 0.862 bits per heavy atom. The summed E-state index contributed by atoms with van der Waals surface area (Å²) < 4.78 is 18.8. The molecule has 1 aliphatic heterocycles. The summed E-state index contributed by atoms with van der Waals surface area (Å²) in [6, 6.07) is 23.9. The number of ether oxygens (including phenoxy) is 1. The predicted octanol–water partition coefficient (Wildman–Crippen LogP) is 4.89. The van der Waals surface area contributed by atoms with Crippen LogP contribution in [0.25, 0.3) is 0 Å². The molecule has 150 valence electrons. The van der Waals surface area contributed by atoms with Gasteiger partial charge in [0.15, 0.2) is 0 Å². The van der Waals surface area contributed by atoms with Crippen LogP contribution in [0, 0.1) is 0 Å². The molecule has 0 saturated heterocycles. The Bertz CT molecular complexity index is 926. The van der Waals surface area contributed by atoms with Gasteiger partial charge in [0.1, 0.15) is 11.5 Å². The van der Waals surface area contributed by atoms with Crippen LogP contribution in [0.2, 0.25) is 6.04 Å². The van der Waals surface area contributed by atoms with E-state index in [1.165, 1.54) is 0 Å². The highest BCUT2D eigenvalue weighted by Gasteiger charge is 2.47. The molecule has 1 aliphatic rings. The van der Waals surface area contributed by atoms with Crippen LogP contribution >= 0.6 is 33.2 Å². The molecule has 1 heterocycles. The van der Waals surface area contributed by atoms with Crippen LogP contribution in [0.1, 0.15) is 5.56 Å². The third-order valence-electron chi connectivity index (χ3n) is 4.68. The Kier molecular flexibility index (Phi) is 6.25. The summed E-state index contributed by atoms with van der Waals surface area (Å²) in [4.78, 5) is 0. The molecule has 0 radical (unpaired) electrons. The van der Waals surface area contributed by atoms with E-state index < -0.39 is 14.6 Å². The van der Waals surface area contributed by atoms with E-state index in [-0.39, 0.29) is 0 Å². The van der Waals surface area contributed by atoms with Crippen molar-refractivity contribution in [2.75, 3.05) is 6.61 Å². The highest BCUT2D eigenvalue weighted by Crippen LogP contribution is 2.33. The zero-order valence-electron chi connectivity index (χ0n) is 15.5. The van der Waals surface area contributed by atoms with Crippen LogP contribution in [0.3, 0.4) is 0 Å². The molecule has 0 aliphatic carbocycles. The highest BCUT2D eigenvalue weighted by atomic mass is 35.8. The van der Waals surface area contributed by atoms with Crippen molar-refractivity contribution >= 4 is 58.2 Å². The van der Waals surface area contributed by atoms with Crippen molar-refractivity contribution in [3.8, 4) is 11.5 Å². The Labute approximate surface area is 186 Å². The van der Waals surface area contributed by atoms with E-state index in [1.807, 2.05) is 54.6 Å². The molecule has 0 spiro atoms. The maximum Gasteiger partial charge on any atom is 0.469 e. The average molecular weight is 482 g/mol. The molecule has 0 bridgehead atoms. The lowest BCUT2D eigenvalue weighted by Crippen LogP contribution is -2.66. The number of fused-ring (bicyclic) bond motifs is 1. The summed E-state index contributed by atoms with van der Waals surface area (Å²) >= 11 is 17.8. The predicted molar refractivity (Wildman–Crippen MR) is 123 cm³/mol. The third kappa shape index (κ3) is 4.82. The third-order valence-corrected chi connectivity index (χ3v) is 10.4. The maximum absolute atomic E-state index is 6.61. The molecule has 3 aromatic carbocycles. The van der Waals surface area contributed by atoms with Crippen LogP contribution in [-0.2, 0) is 11.0 Å². The van der Waals surface area contributed by atoms with E-state index in [4.69, 9.17) is 46.8 Å². The summed E-state index contributed by atoms with van der Waals surface area (Å²) in [6.07, 6.45) is 0. The summed E-state index contributed by atoms with van der Waals surface area (Å²) in [5.41, 5.74) is 0.948. The zero-order valence-corrected chi connectivity index (χ0v) is 19.8. The van der Waals surface area contributed by atoms with E-state index in [0.717, 1.165) is 21.7 Å². The molecule has 3 aromatic rings. The van der Waals surface area contributed by atoms with Crippen molar-refractivity contribution in [2.24, 2.45) is 0 Å². The van der Waals surface area contributed by atoms with Crippen LogP contribution in [0.4, 0.5) is 0 Å². The second kappa shape index (κ2) is 8.72. The first-order valence-electron chi connectivity index (χ1n) is 9.23. The van der Waals surface area contributed by atoms with Crippen LogP contribution in [0.15, 0.2) is 78.9 Å². The highest BCUT2D eigenvalue weighted by molar-refractivity contribution is 7.64. The second-order valence-corrected chi connectivity index (χ2v) is 18.9. The van der Waals surface area contributed by atoms with E-state index in [2.05, 4.69) is 24.3 Å². The van der Waals surface area contributed by atoms with Crippen molar-refractivity contribution in [3.63, 3.8) is 0 Å². The normalized spacial score (nSPS) is 15.3. The van der Waals surface area contributed by atoms with Crippen molar-refractivity contribution in [3.05, 3.63) is 84.4 Å². The van der Waals surface area contributed by atoms with Gasteiger partial charge in [-0.2, -0.15) is 0 Å². The van der Waals surface area contributed by atoms with Gasteiger partial charge >= 0.3 is 14.6 Å². The minimum absolute atomic E-state index is 0.371. The summed E-state index contributed by atoms with van der Waals surface area (Å²) in [7, 11) is -2.84. The monoisotopic (exact) mass is 480 g/mol. The van der Waals surface area contributed by atoms with Crippen molar-refractivity contribution in [2.45, 2.75) is 12.7 Å². The van der Waals surface area contributed by atoms with E-state index in [1.54, 1.807) is 0 Å². The number of halogens is 3. The summed E-state index contributed by atoms with van der Waals surface area (Å²) in [6.45, 7) is 0.817. The van der Waals surface area contributed by atoms with Gasteiger partial charge in [-0.25, -0.2) is 0 Å². The van der Waals surface area contributed by atoms with E-state index >= 15 is 0 Å². The standard InChI is InChI=1S/C21H19Cl3O3Si2/c22-28(23,24)14-13-25-18-11-12-21-17(15-18)16-26-29(27-21,19-7-3-1-4-8-19)20-9-5-2-6-10-20/h1-12,15H,13-14,16H2. The molecule has 4 rings (SSSR count). The molecular formula is C21H19Cl3O3Si2. The minimum atomic E-state index is -2.84. The fraction of sp³-hybridized carbons (Fsp3) is 0.143. The van der Waals surface area contributed by atoms with Crippen molar-refractivity contribution in [1.82, 2.24) is 0 Å². The number of benzene rings is 3. The first-order valence-corrected chi connectivity index (χ1v) is 16.3. The molecule has 0 unspecified atom stereocenters. The van der Waals surface area contributed by atoms with Crippen LogP contribution in [0.5, 0.6) is 11.5 Å². The number of rotatable bonds is 6. The second-order valence-electron chi connectivity index (χ2n) is 6.72. The fourth-order valence-corrected chi connectivity index (χ4v) is 7.39. The smallest absolute Gasteiger partial charge is 0.469 e. The Morgan fingerprint density at radius 3 is 2.07 bits per heavy atom. The summed E-state index contributed by atoms with van der Waals surface area (Å²) in [5, 5.41) is 2.15. The minimum Gasteiger partial charge on any atom is -0.514 e. The average Bonchev–Trinajstić information content (AvgIpc) is 2.74. The van der Waals surface area contributed by atoms with Gasteiger partial charge in [-0.15, -0.1) is 33.2 Å². The largest absolute Gasteiger partial charge is 0.514 e. The van der Waals surface area contributed by atoms with Crippen LogP contribution in [-0.4, -0.2) is 21.2 Å². The molecule has 0 amide bonds. The number of hydrogen-bond donors (Lipinski definition) is 0. The van der Waals surface area contributed by atoms with Crippen molar-refractivity contribution in [1.29, 1.82) is 0 Å². The van der Waals surface area contributed by atoms with Gasteiger partial charge in [-0.05, 0) is 18.2 Å². The first-order chi connectivity index (χ1) is 14.0. The van der Waals surface area contributed by atoms with Gasteiger partial charge in [-0.3, -0.25) is 0 Å². The maximum atomic E-state index is 6.61. The number of hydrogen-bond acceptors (Lipinski definition) is 3. The lowest BCUT2D eigenvalue weighted by Gasteiger charge is -2.36. The van der Waals surface area contributed by atoms with Gasteiger partial charge in [0.05, 0.1) is 13.2 Å². The summed E-state index contributed by atoms with van der Waals surface area (Å²) in [5.74, 6) is 1.53. The van der Waals surface area contributed by atoms with E-state index in [0.29, 0.717) is 25.0 Å².